The summed E-state index contributed by atoms with van der Waals surface area (Å²) < 4.78 is 0. The van der Waals surface area contributed by atoms with Crippen LogP contribution in [0.3, 0.4) is 0 Å². The number of halogens is 1. The van der Waals surface area contributed by atoms with E-state index in [1.807, 2.05) is 0 Å². The van der Waals surface area contributed by atoms with Crippen LogP contribution in [0, 0.1) is 5.41 Å². The number of amides is 3. The molecular formula is C23H26ClN3O6. The van der Waals surface area contributed by atoms with Gasteiger partial charge in [-0.25, -0.2) is 10.4 Å². The number of rotatable bonds is 7. The van der Waals surface area contributed by atoms with Crippen LogP contribution < -0.4 is 10.7 Å². The summed E-state index contributed by atoms with van der Waals surface area (Å²) in [6.07, 6.45) is 0. The Hall–Kier alpha value is -3.43. The lowest BCUT2D eigenvalue weighted by Gasteiger charge is -2.29. The first-order valence-corrected chi connectivity index (χ1v) is 10.4. The first-order valence-electron chi connectivity index (χ1n) is 10.0. The first-order chi connectivity index (χ1) is 15.3. The molecule has 0 aliphatic carbocycles. The van der Waals surface area contributed by atoms with E-state index in [-0.39, 0.29) is 28.4 Å². The van der Waals surface area contributed by atoms with Crippen molar-refractivity contribution in [1.29, 1.82) is 0 Å². The first kappa shape index (κ1) is 25.8. The van der Waals surface area contributed by atoms with Gasteiger partial charge in [-0.1, -0.05) is 44.5 Å². The van der Waals surface area contributed by atoms with E-state index in [1.54, 1.807) is 32.9 Å². The molecule has 0 saturated heterocycles. The predicted molar refractivity (Wildman–Crippen MR) is 122 cm³/mol. The van der Waals surface area contributed by atoms with E-state index in [9.17, 15) is 29.4 Å². The standard InChI is InChI=1S/C23H26ClN3O6/c1-13(21(31)32)26-27(22(33)23(2,3)4)20(30)17-9-8-15(11-18(17)24)19(29)25-12-14-6-5-7-16(28)10-14/h5-11,13,26,28H,12H2,1-4H3,(H,25,29)(H,31,32)/t13-/m0/s1. The number of benzene rings is 2. The van der Waals surface area contributed by atoms with Gasteiger partial charge in [0.25, 0.3) is 11.8 Å². The normalized spacial score (nSPS) is 12.0. The molecular weight excluding hydrogens is 450 g/mol. The maximum absolute atomic E-state index is 13.1. The number of aliphatic carboxylic acids is 1. The van der Waals surface area contributed by atoms with Gasteiger partial charge in [0.15, 0.2) is 0 Å². The van der Waals surface area contributed by atoms with Crippen molar-refractivity contribution in [3.05, 3.63) is 64.2 Å². The minimum absolute atomic E-state index is 0.0767. The number of aromatic hydroxyl groups is 1. The molecule has 0 heterocycles. The quantitative estimate of drug-likeness (QED) is 0.452. The SMILES string of the molecule is C[C@H](NN(C(=O)c1ccc(C(=O)NCc2cccc(O)c2)cc1Cl)C(=O)C(C)(C)C)C(=O)O. The van der Waals surface area contributed by atoms with Crippen LogP contribution in [0.5, 0.6) is 5.75 Å². The summed E-state index contributed by atoms with van der Waals surface area (Å²) >= 11 is 6.25. The van der Waals surface area contributed by atoms with Crippen molar-refractivity contribution in [2.45, 2.75) is 40.3 Å². The molecule has 0 bridgehead atoms. The molecule has 9 nitrogen and oxygen atoms in total. The number of phenols is 1. The average molecular weight is 476 g/mol. The number of imide groups is 1. The number of carboxylic acids is 1. The van der Waals surface area contributed by atoms with Crippen LogP contribution in [0.15, 0.2) is 42.5 Å². The molecule has 33 heavy (non-hydrogen) atoms. The molecule has 0 spiro atoms. The highest BCUT2D eigenvalue weighted by Gasteiger charge is 2.35. The highest BCUT2D eigenvalue weighted by Crippen LogP contribution is 2.23. The van der Waals surface area contributed by atoms with Crippen LogP contribution in [-0.4, -0.2) is 45.0 Å². The van der Waals surface area contributed by atoms with Crippen LogP contribution in [0.1, 0.15) is 54.0 Å². The monoisotopic (exact) mass is 475 g/mol. The topological polar surface area (TPSA) is 136 Å². The summed E-state index contributed by atoms with van der Waals surface area (Å²) in [5.41, 5.74) is 2.21. The molecule has 176 valence electrons. The van der Waals surface area contributed by atoms with Crippen LogP contribution in [0.4, 0.5) is 0 Å². The lowest BCUT2D eigenvalue weighted by Crippen LogP contribution is -2.56. The lowest BCUT2D eigenvalue weighted by molar-refractivity contribution is -0.144. The van der Waals surface area contributed by atoms with Gasteiger partial charge in [0.2, 0.25) is 5.91 Å². The molecule has 2 aromatic carbocycles. The Kier molecular flexibility index (Phi) is 8.18. The Morgan fingerprint density at radius 2 is 1.76 bits per heavy atom. The fourth-order valence-electron chi connectivity index (χ4n) is 2.69. The summed E-state index contributed by atoms with van der Waals surface area (Å²) in [5, 5.41) is 21.9. The molecule has 0 radical (unpaired) electrons. The van der Waals surface area contributed by atoms with Crippen molar-refractivity contribution in [3.8, 4) is 5.75 Å². The van der Waals surface area contributed by atoms with Gasteiger partial charge in [0.1, 0.15) is 11.8 Å². The van der Waals surface area contributed by atoms with E-state index in [1.165, 1.54) is 37.3 Å². The van der Waals surface area contributed by atoms with Crippen molar-refractivity contribution < 1.29 is 29.4 Å². The molecule has 3 amide bonds. The van der Waals surface area contributed by atoms with Gasteiger partial charge in [0.05, 0.1) is 10.6 Å². The van der Waals surface area contributed by atoms with Crippen molar-refractivity contribution in [2.24, 2.45) is 5.41 Å². The number of carbonyl (C=O) groups is 4. The van der Waals surface area contributed by atoms with Gasteiger partial charge >= 0.3 is 5.97 Å². The fraction of sp³-hybridized carbons (Fsp3) is 0.304. The second kappa shape index (κ2) is 10.5. The Morgan fingerprint density at radius 3 is 2.30 bits per heavy atom. The zero-order chi connectivity index (χ0) is 24.9. The number of carbonyl (C=O) groups excluding carboxylic acids is 3. The van der Waals surface area contributed by atoms with Gasteiger partial charge in [-0.3, -0.25) is 19.2 Å². The molecule has 0 saturated carbocycles. The summed E-state index contributed by atoms with van der Waals surface area (Å²) in [5.74, 6) is -3.13. The van der Waals surface area contributed by atoms with Gasteiger partial charge in [-0.05, 0) is 42.8 Å². The van der Waals surface area contributed by atoms with Crippen molar-refractivity contribution in [3.63, 3.8) is 0 Å². The third-order valence-corrected chi connectivity index (χ3v) is 4.88. The van der Waals surface area contributed by atoms with Crippen LogP contribution in [0.2, 0.25) is 5.02 Å². The summed E-state index contributed by atoms with van der Waals surface area (Å²) in [7, 11) is 0. The van der Waals surface area contributed by atoms with E-state index in [0.717, 1.165) is 0 Å². The molecule has 10 heteroatoms. The third kappa shape index (κ3) is 6.77. The smallest absolute Gasteiger partial charge is 0.322 e. The highest BCUT2D eigenvalue weighted by molar-refractivity contribution is 6.34. The molecule has 0 fully saturated rings. The number of hydrogen-bond donors (Lipinski definition) is 4. The van der Waals surface area contributed by atoms with Gasteiger partial charge in [-0.15, -0.1) is 0 Å². The minimum atomic E-state index is -1.25. The number of nitrogens with zero attached hydrogens (tertiary/aromatic N) is 1. The molecule has 0 unspecified atom stereocenters. The minimum Gasteiger partial charge on any atom is -0.508 e. The number of nitrogens with one attached hydrogen (secondary N) is 2. The van der Waals surface area contributed by atoms with Crippen molar-refractivity contribution in [1.82, 2.24) is 15.8 Å². The fourth-order valence-corrected chi connectivity index (χ4v) is 2.96. The second-order valence-corrected chi connectivity index (χ2v) is 8.84. The number of carboxylic acid groups (broad SMARTS) is 1. The molecule has 0 aliphatic heterocycles. The van der Waals surface area contributed by atoms with E-state index in [0.29, 0.717) is 10.6 Å². The van der Waals surface area contributed by atoms with Crippen LogP contribution in [0.25, 0.3) is 0 Å². The average Bonchev–Trinajstić information content (AvgIpc) is 2.73. The van der Waals surface area contributed by atoms with Crippen molar-refractivity contribution >= 4 is 35.3 Å². The van der Waals surface area contributed by atoms with Gasteiger partial charge in [-0.2, -0.15) is 0 Å². The third-order valence-electron chi connectivity index (χ3n) is 4.57. The largest absolute Gasteiger partial charge is 0.508 e. The number of phenolic OH excluding ortho intramolecular Hbond substituents is 1. The predicted octanol–water partition coefficient (Wildman–Crippen LogP) is 2.97. The maximum Gasteiger partial charge on any atom is 0.322 e. The Labute approximate surface area is 196 Å². The Morgan fingerprint density at radius 1 is 1.09 bits per heavy atom. The van der Waals surface area contributed by atoms with Crippen LogP contribution >= 0.6 is 11.6 Å². The van der Waals surface area contributed by atoms with Crippen LogP contribution in [-0.2, 0) is 16.1 Å². The Bertz CT molecular complexity index is 1080. The molecule has 0 aromatic heterocycles. The molecule has 2 rings (SSSR count). The second-order valence-electron chi connectivity index (χ2n) is 8.43. The van der Waals surface area contributed by atoms with E-state index in [4.69, 9.17) is 11.6 Å². The van der Waals surface area contributed by atoms with E-state index in [2.05, 4.69) is 10.7 Å². The van der Waals surface area contributed by atoms with Gasteiger partial charge in [0, 0.05) is 17.5 Å². The number of hydrogen-bond acceptors (Lipinski definition) is 6. The zero-order valence-electron chi connectivity index (χ0n) is 18.7. The maximum atomic E-state index is 13.1. The summed E-state index contributed by atoms with van der Waals surface area (Å²) in [6, 6.07) is 9.15. The van der Waals surface area contributed by atoms with Gasteiger partial charge < -0.3 is 15.5 Å². The zero-order valence-corrected chi connectivity index (χ0v) is 19.4. The molecule has 1 atom stereocenters. The Balaban J connectivity index is 2.24. The summed E-state index contributed by atoms with van der Waals surface area (Å²) in [6.45, 7) is 6.22. The summed E-state index contributed by atoms with van der Waals surface area (Å²) in [4.78, 5) is 49.6. The molecule has 0 aliphatic rings. The van der Waals surface area contributed by atoms with Crippen molar-refractivity contribution in [2.75, 3.05) is 0 Å². The van der Waals surface area contributed by atoms with E-state index < -0.39 is 35.1 Å². The lowest BCUT2D eigenvalue weighted by atomic mass is 9.95. The molecule has 2 aromatic rings. The molecule has 4 N–H and O–H groups in total. The van der Waals surface area contributed by atoms with E-state index >= 15 is 0 Å². The highest BCUT2D eigenvalue weighted by atomic mass is 35.5. The number of hydrazine groups is 1.